The summed E-state index contributed by atoms with van der Waals surface area (Å²) in [5.41, 5.74) is 0. The van der Waals surface area contributed by atoms with Crippen molar-refractivity contribution >= 4 is 29.3 Å². The van der Waals surface area contributed by atoms with Gasteiger partial charge in [-0.05, 0) is 36.8 Å². The summed E-state index contributed by atoms with van der Waals surface area (Å²) in [6.07, 6.45) is 1.69. The minimum absolute atomic E-state index is 0.121. The number of benzene rings is 1. The van der Waals surface area contributed by atoms with Crippen molar-refractivity contribution in [1.29, 1.82) is 0 Å². The van der Waals surface area contributed by atoms with Crippen molar-refractivity contribution in [2.45, 2.75) is 24.2 Å². The molecule has 0 unspecified atom stereocenters. The largest absolute Gasteiger partial charge is 0.481 e. The van der Waals surface area contributed by atoms with E-state index in [2.05, 4.69) is 0 Å². The minimum atomic E-state index is -0.769. The van der Waals surface area contributed by atoms with Crippen LogP contribution in [0.3, 0.4) is 0 Å². The van der Waals surface area contributed by atoms with Crippen LogP contribution in [0.25, 0.3) is 0 Å². The van der Waals surface area contributed by atoms with Crippen LogP contribution in [0.2, 0.25) is 5.02 Å². The number of hydrogen-bond donors (Lipinski definition) is 1. The molecule has 16 heavy (non-hydrogen) atoms. The zero-order valence-electron chi connectivity index (χ0n) is 8.58. The fourth-order valence-electron chi connectivity index (χ4n) is 1.13. The summed E-state index contributed by atoms with van der Waals surface area (Å²) in [6.45, 7) is 0. The summed E-state index contributed by atoms with van der Waals surface area (Å²) in [4.78, 5) is 11.2. The first kappa shape index (κ1) is 13.3. The van der Waals surface area contributed by atoms with Gasteiger partial charge in [0.1, 0.15) is 5.82 Å². The molecule has 0 fully saturated rings. The van der Waals surface area contributed by atoms with E-state index in [9.17, 15) is 9.18 Å². The molecule has 88 valence electrons. The normalized spacial score (nSPS) is 10.4. The Bertz CT molecular complexity index is 371. The van der Waals surface area contributed by atoms with Crippen LogP contribution in [0.15, 0.2) is 23.1 Å². The molecule has 0 saturated heterocycles. The van der Waals surface area contributed by atoms with E-state index in [1.807, 2.05) is 0 Å². The highest BCUT2D eigenvalue weighted by Gasteiger charge is 2.02. The average Bonchev–Trinajstić information content (AvgIpc) is 2.22. The Morgan fingerprint density at radius 2 is 2.19 bits per heavy atom. The molecule has 2 nitrogen and oxygen atoms in total. The molecule has 0 aliphatic rings. The number of halogens is 2. The van der Waals surface area contributed by atoms with Crippen LogP contribution in [0.1, 0.15) is 19.3 Å². The topological polar surface area (TPSA) is 37.3 Å². The molecule has 0 heterocycles. The second-order valence-corrected chi connectivity index (χ2v) is 4.85. The average molecular weight is 263 g/mol. The van der Waals surface area contributed by atoms with Gasteiger partial charge in [0.2, 0.25) is 0 Å². The number of carbonyl (C=O) groups is 1. The quantitative estimate of drug-likeness (QED) is 0.625. The Morgan fingerprint density at radius 1 is 1.44 bits per heavy atom. The van der Waals surface area contributed by atoms with Gasteiger partial charge in [0.15, 0.2) is 0 Å². The zero-order chi connectivity index (χ0) is 12.0. The van der Waals surface area contributed by atoms with E-state index >= 15 is 0 Å². The Balaban J connectivity index is 2.27. The van der Waals surface area contributed by atoms with Gasteiger partial charge in [-0.25, -0.2) is 4.39 Å². The lowest BCUT2D eigenvalue weighted by Gasteiger charge is -2.02. The van der Waals surface area contributed by atoms with Crippen molar-refractivity contribution in [3.63, 3.8) is 0 Å². The van der Waals surface area contributed by atoms with E-state index in [0.29, 0.717) is 6.42 Å². The molecule has 0 amide bonds. The number of unbranched alkanes of at least 4 members (excludes halogenated alkanes) is 1. The van der Waals surface area contributed by atoms with E-state index in [4.69, 9.17) is 16.7 Å². The monoisotopic (exact) mass is 262 g/mol. The third kappa shape index (κ3) is 4.86. The van der Waals surface area contributed by atoms with Crippen molar-refractivity contribution in [1.82, 2.24) is 0 Å². The molecule has 0 saturated carbocycles. The van der Waals surface area contributed by atoms with Crippen molar-refractivity contribution in [3.05, 3.63) is 29.0 Å². The first-order valence-electron chi connectivity index (χ1n) is 4.89. The number of hydrogen-bond acceptors (Lipinski definition) is 2. The van der Waals surface area contributed by atoms with Gasteiger partial charge in [-0.2, -0.15) is 0 Å². The fourth-order valence-corrected chi connectivity index (χ4v) is 2.33. The lowest BCUT2D eigenvalue weighted by Crippen LogP contribution is -1.94. The predicted octanol–water partition coefficient (Wildman–Crippen LogP) is 3.83. The summed E-state index contributed by atoms with van der Waals surface area (Å²) in [5, 5.41) is 8.55. The lowest BCUT2D eigenvalue weighted by atomic mass is 10.2. The smallest absolute Gasteiger partial charge is 0.303 e. The van der Waals surface area contributed by atoms with Crippen LogP contribution in [-0.4, -0.2) is 16.8 Å². The van der Waals surface area contributed by atoms with Crippen LogP contribution in [0.5, 0.6) is 0 Å². The highest BCUT2D eigenvalue weighted by molar-refractivity contribution is 7.99. The Hall–Kier alpha value is -0.740. The number of carboxylic acids is 1. The third-order valence-corrected chi connectivity index (χ3v) is 3.31. The van der Waals surface area contributed by atoms with Gasteiger partial charge in [0.25, 0.3) is 0 Å². The predicted molar refractivity (Wildman–Crippen MR) is 63.6 cm³/mol. The molecule has 0 aliphatic heterocycles. The maximum atomic E-state index is 12.8. The van der Waals surface area contributed by atoms with Gasteiger partial charge in [0, 0.05) is 11.3 Å². The van der Waals surface area contributed by atoms with E-state index in [0.717, 1.165) is 17.1 Å². The van der Waals surface area contributed by atoms with Gasteiger partial charge < -0.3 is 5.11 Å². The van der Waals surface area contributed by atoms with Crippen molar-refractivity contribution in [3.8, 4) is 0 Å². The molecular formula is C11H12ClFO2S. The van der Waals surface area contributed by atoms with Gasteiger partial charge >= 0.3 is 5.97 Å². The molecule has 5 heteroatoms. The van der Waals surface area contributed by atoms with Gasteiger partial charge in [-0.1, -0.05) is 11.6 Å². The number of carboxylic acid groups (broad SMARTS) is 1. The standard InChI is InChI=1S/C11H12ClFO2S/c12-9-7-8(4-5-10(9)13)16-6-2-1-3-11(14)15/h4-5,7H,1-3,6H2,(H,14,15). The second kappa shape index (κ2) is 6.76. The second-order valence-electron chi connectivity index (χ2n) is 3.28. The Labute approximate surface area is 103 Å². The van der Waals surface area contributed by atoms with Crippen molar-refractivity contribution < 1.29 is 14.3 Å². The summed E-state index contributed by atoms with van der Waals surface area (Å²) in [6, 6.07) is 4.59. The van der Waals surface area contributed by atoms with Crippen LogP contribution in [0.4, 0.5) is 4.39 Å². The summed E-state index contributed by atoms with van der Waals surface area (Å²) < 4.78 is 12.8. The number of rotatable bonds is 6. The van der Waals surface area contributed by atoms with Crippen molar-refractivity contribution in [2.75, 3.05) is 5.75 Å². The molecule has 1 aromatic rings. The molecule has 1 aromatic carbocycles. The van der Waals surface area contributed by atoms with Crippen LogP contribution >= 0.6 is 23.4 Å². The molecule has 0 spiro atoms. The van der Waals surface area contributed by atoms with Gasteiger partial charge in [-0.15, -0.1) is 11.8 Å². The molecular weight excluding hydrogens is 251 g/mol. The maximum absolute atomic E-state index is 12.8. The van der Waals surface area contributed by atoms with Crippen LogP contribution in [0, 0.1) is 5.82 Å². The SMILES string of the molecule is O=C(O)CCCCSc1ccc(F)c(Cl)c1. The van der Waals surface area contributed by atoms with E-state index < -0.39 is 11.8 Å². The molecule has 0 radical (unpaired) electrons. The Kier molecular flexibility index (Phi) is 5.63. The summed E-state index contributed by atoms with van der Waals surface area (Å²) in [7, 11) is 0. The zero-order valence-corrected chi connectivity index (χ0v) is 10.2. The molecule has 1 rings (SSSR count). The van der Waals surface area contributed by atoms with Gasteiger partial charge in [-0.3, -0.25) is 4.79 Å². The first-order valence-corrected chi connectivity index (χ1v) is 6.25. The maximum Gasteiger partial charge on any atom is 0.303 e. The highest BCUT2D eigenvalue weighted by atomic mass is 35.5. The summed E-state index contributed by atoms with van der Waals surface area (Å²) in [5.74, 6) is -0.373. The molecule has 0 aromatic heterocycles. The third-order valence-electron chi connectivity index (χ3n) is 1.94. The Morgan fingerprint density at radius 3 is 2.81 bits per heavy atom. The molecule has 0 bridgehead atoms. The first-order chi connectivity index (χ1) is 7.59. The van der Waals surface area contributed by atoms with E-state index in [1.54, 1.807) is 23.9 Å². The van der Waals surface area contributed by atoms with Crippen molar-refractivity contribution in [2.24, 2.45) is 0 Å². The lowest BCUT2D eigenvalue weighted by molar-refractivity contribution is -0.137. The van der Waals surface area contributed by atoms with Crippen LogP contribution in [-0.2, 0) is 4.79 Å². The van der Waals surface area contributed by atoms with E-state index in [1.165, 1.54) is 6.07 Å². The van der Waals surface area contributed by atoms with Gasteiger partial charge in [0.05, 0.1) is 5.02 Å². The fraction of sp³-hybridized carbons (Fsp3) is 0.364. The minimum Gasteiger partial charge on any atom is -0.481 e. The summed E-state index contributed by atoms with van der Waals surface area (Å²) >= 11 is 7.18. The highest BCUT2D eigenvalue weighted by Crippen LogP contribution is 2.24. The molecule has 1 N–H and O–H groups in total. The number of thioether (sulfide) groups is 1. The van der Waals surface area contributed by atoms with Crippen LogP contribution < -0.4 is 0 Å². The molecule has 0 aliphatic carbocycles. The molecule has 0 atom stereocenters. The number of aliphatic carboxylic acids is 1. The van der Waals surface area contributed by atoms with E-state index in [-0.39, 0.29) is 11.4 Å².